The average molecular weight is 509 g/mol. The fourth-order valence-electron chi connectivity index (χ4n) is 4.56. The van der Waals surface area contributed by atoms with Crippen molar-refractivity contribution in [2.45, 2.75) is 19.6 Å². The van der Waals surface area contributed by atoms with Gasteiger partial charge in [-0.2, -0.15) is 18.3 Å². The number of hydrogen-bond donors (Lipinski definition) is 1. The number of piperazine rings is 1. The van der Waals surface area contributed by atoms with E-state index < -0.39 is 17.6 Å². The summed E-state index contributed by atoms with van der Waals surface area (Å²) in [7, 11) is 2.00. The number of nitrogens with one attached hydrogen (secondary N) is 1. The molecular formula is C27H27F3N6O. The van der Waals surface area contributed by atoms with Crippen LogP contribution in [0.25, 0.3) is 16.9 Å². The number of rotatable bonds is 5. The number of likely N-dealkylation sites (N-methyl/N-ethyl adjacent to an activating group) is 1. The third kappa shape index (κ3) is 5.35. The largest absolute Gasteiger partial charge is 0.416 e. The second kappa shape index (κ2) is 9.95. The van der Waals surface area contributed by atoms with Crippen LogP contribution in [0.2, 0.25) is 0 Å². The molecule has 192 valence electrons. The Balaban J connectivity index is 1.39. The number of imidazole rings is 1. The zero-order valence-electron chi connectivity index (χ0n) is 20.6. The quantitative estimate of drug-likeness (QED) is 0.423. The van der Waals surface area contributed by atoms with E-state index in [-0.39, 0.29) is 17.8 Å². The Labute approximate surface area is 212 Å². The molecule has 1 amide bonds. The van der Waals surface area contributed by atoms with Gasteiger partial charge in [0, 0.05) is 55.7 Å². The summed E-state index contributed by atoms with van der Waals surface area (Å²) < 4.78 is 43.5. The van der Waals surface area contributed by atoms with E-state index in [0.29, 0.717) is 24.3 Å². The molecule has 0 atom stereocenters. The number of benzene rings is 2. The zero-order valence-corrected chi connectivity index (χ0v) is 20.6. The topological polar surface area (TPSA) is 65.8 Å². The van der Waals surface area contributed by atoms with E-state index in [9.17, 15) is 18.0 Å². The molecule has 0 saturated carbocycles. The van der Waals surface area contributed by atoms with E-state index >= 15 is 0 Å². The van der Waals surface area contributed by atoms with Crippen LogP contribution in [0.1, 0.15) is 27.0 Å². The molecule has 5 rings (SSSR count). The highest BCUT2D eigenvalue weighted by atomic mass is 19.4. The Morgan fingerprint density at radius 3 is 2.59 bits per heavy atom. The first-order valence-corrected chi connectivity index (χ1v) is 12.0. The van der Waals surface area contributed by atoms with Crippen LogP contribution in [0, 0.1) is 6.92 Å². The zero-order chi connectivity index (χ0) is 26.2. The highest BCUT2D eigenvalue weighted by Gasteiger charge is 2.34. The van der Waals surface area contributed by atoms with Gasteiger partial charge in [0.1, 0.15) is 0 Å². The summed E-state index contributed by atoms with van der Waals surface area (Å²) in [6.07, 6.45) is -1.20. The molecule has 2 aromatic carbocycles. The van der Waals surface area contributed by atoms with Crippen LogP contribution in [0.15, 0.2) is 60.9 Å². The van der Waals surface area contributed by atoms with Gasteiger partial charge in [0.05, 0.1) is 17.5 Å². The second-order valence-electron chi connectivity index (χ2n) is 9.37. The van der Waals surface area contributed by atoms with Crippen molar-refractivity contribution in [1.29, 1.82) is 0 Å². The van der Waals surface area contributed by atoms with E-state index in [0.717, 1.165) is 36.0 Å². The van der Waals surface area contributed by atoms with Crippen LogP contribution in [0.3, 0.4) is 0 Å². The average Bonchev–Trinajstić information content (AvgIpc) is 3.30. The normalized spacial score (nSPS) is 15.3. The number of alkyl halides is 3. The molecule has 1 saturated heterocycles. The molecular weight excluding hydrogens is 481 g/mol. The van der Waals surface area contributed by atoms with Gasteiger partial charge >= 0.3 is 6.18 Å². The van der Waals surface area contributed by atoms with Crippen LogP contribution < -0.4 is 5.32 Å². The van der Waals surface area contributed by atoms with Crippen molar-refractivity contribution in [2.24, 2.45) is 0 Å². The minimum Gasteiger partial charge on any atom is -0.322 e. The highest BCUT2D eigenvalue weighted by molar-refractivity contribution is 6.05. The lowest BCUT2D eigenvalue weighted by Gasteiger charge is -2.33. The van der Waals surface area contributed by atoms with E-state index in [1.165, 1.54) is 12.1 Å². The number of anilines is 1. The highest BCUT2D eigenvalue weighted by Crippen LogP contribution is 2.35. The molecule has 0 radical (unpaired) electrons. The Morgan fingerprint density at radius 1 is 1.05 bits per heavy atom. The maximum absolute atomic E-state index is 13.9. The van der Waals surface area contributed by atoms with Crippen molar-refractivity contribution in [3.05, 3.63) is 83.2 Å². The van der Waals surface area contributed by atoms with Crippen molar-refractivity contribution in [3.63, 3.8) is 0 Å². The lowest BCUT2D eigenvalue weighted by atomic mass is 10.0. The monoisotopic (exact) mass is 508 g/mol. The van der Waals surface area contributed by atoms with Gasteiger partial charge in [0.15, 0.2) is 5.65 Å². The van der Waals surface area contributed by atoms with Gasteiger partial charge in [0.2, 0.25) is 0 Å². The van der Waals surface area contributed by atoms with Crippen molar-refractivity contribution in [1.82, 2.24) is 24.4 Å². The van der Waals surface area contributed by atoms with E-state index in [1.807, 2.05) is 24.9 Å². The summed E-state index contributed by atoms with van der Waals surface area (Å²) in [6.45, 7) is 5.19. The second-order valence-corrected chi connectivity index (χ2v) is 9.37. The maximum Gasteiger partial charge on any atom is 0.416 e. The number of hydrogen-bond acceptors (Lipinski definition) is 5. The predicted molar refractivity (Wildman–Crippen MR) is 135 cm³/mol. The molecule has 37 heavy (non-hydrogen) atoms. The molecule has 2 aromatic heterocycles. The van der Waals surface area contributed by atoms with Gasteiger partial charge in [-0.05, 0) is 61.5 Å². The number of aromatic nitrogens is 3. The predicted octanol–water partition coefficient (Wildman–Crippen LogP) is 4.72. The summed E-state index contributed by atoms with van der Waals surface area (Å²) in [4.78, 5) is 21.6. The van der Waals surface area contributed by atoms with Crippen molar-refractivity contribution in [2.75, 3.05) is 38.5 Å². The number of nitrogens with zero attached hydrogens (tertiary/aromatic N) is 5. The third-order valence-corrected chi connectivity index (χ3v) is 6.72. The SMILES string of the molecule is Cc1ccc(C(=O)Nc2ccc(CN3CCN(C)CC3)c(C(F)(F)F)c2)cc1-c1cnc2cccnn12. The van der Waals surface area contributed by atoms with Gasteiger partial charge < -0.3 is 10.2 Å². The molecule has 4 aromatic rings. The van der Waals surface area contributed by atoms with Crippen LogP contribution >= 0.6 is 0 Å². The molecule has 0 unspecified atom stereocenters. The minimum absolute atomic E-state index is 0.0954. The molecule has 7 nitrogen and oxygen atoms in total. The first kappa shape index (κ1) is 24.9. The van der Waals surface area contributed by atoms with E-state index in [1.54, 1.807) is 41.2 Å². The first-order chi connectivity index (χ1) is 17.7. The van der Waals surface area contributed by atoms with Crippen molar-refractivity contribution in [3.8, 4) is 11.3 Å². The van der Waals surface area contributed by atoms with Crippen LogP contribution in [-0.4, -0.2) is 63.5 Å². The Morgan fingerprint density at radius 2 is 1.84 bits per heavy atom. The van der Waals surface area contributed by atoms with Crippen LogP contribution in [-0.2, 0) is 12.7 Å². The summed E-state index contributed by atoms with van der Waals surface area (Å²) >= 11 is 0. The fourth-order valence-corrected chi connectivity index (χ4v) is 4.56. The van der Waals surface area contributed by atoms with Gasteiger partial charge in [-0.25, -0.2) is 9.50 Å². The van der Waals surface area contributed by atoms with Crippen LogP contribution in [0.5, 0.6) is 0 Å². The van der Waals surface area contributed by atoms with Crippen molar-refractivity contribution < 1.29 is 18.0 Å². The van der Waals surface area contributed by atoms with Gasteiger partial charge in [-0.15, -0.1) is 0 Å². The summed E-state index contributed by atoms with van der Waals surface area (Å²) in [5.74, 6) is -0.497. The standard InChI is InChI=1S/C27H27F3N6O/c1-18-5-6-19(14-22(18)24-16-31-25-4-3-9-32-36(24)25)26(37)33-21-8-7-20(23(15-21)27(28,29)30)17-35-12-10-34(2)11-13-35/h3-9,14-16H,10-13,17H2,1-2H3,(H,33,37). The van der Waals surface area contributed by atoms with Gasteiger partial charge in [-0.3, -0.25) is 9.69 Å². The third-order valence-electron chi connectivity index (χ3n) is 6.72. The van der Waals surface area contributed by atoms with Gasteiger partial charge in [0.25, 0.3) is 5.91 Å². The molecule has 1 aliphatic heterocycles. The molecule has 10 heteroatoms. The van der Waals surface area contributed by atoms with E-state index in [4.69, 9.17) is 0 Å². The molecule has 0 aliphatic carbocycles. The molecule has 0 bridgehead atoms. The lowest BCUT2D eigenvalue weighted by molar-refractivity contribution is -0.138. The van der Waals surface area contributed by atoms with Crippen LogP contribution in [0.4, 0.5) is 18.9 Å². The number of amides is 1. The van der Waals surface area contributed by atoms with Gasteiger partial charge in [-0.1, -0.05) is 12.1 Å². The number of carbonyl (C=O) groups excluding carboxylic acids is 1. The molecule has 3 heterocycles. The number of halogens is 3. The number of fused-ring (bicyclic) bond motifs is 1. The Hall–Kier alpha value is -3.76. The number of carbonyl (C=O) groups is 1. The Bertz CT molecular complexity index is 1440. The summed E-state index contributed by atoms with van der Waals surface area (Å²) in [5.41, 5.74) is 2.95. The molecule has 1 aliphatic rings. The molecule has 0 spiro atoms. The first-order valence-electron chi connectivity index (χ1n) is 12.0. The van der Waals surface area contributed by atoms with Crippen molar-refractivity contribution >= 4 is 17.2 Å². The maximum atomic E-state index is 13.9. The smallest absolute Gasteiger partial charge is 0.322 e. The molecule has 1 fully saturated rings. The molecule has 1 N–H and O–H groups in total. The summed E-state index contributed by atoms with van der Waals surface area (Å²) in [6, 6.07) is 12.8. The summed E-state index contributed by atoms with van der Waals surface area (Å²) in [5, 5.41) is 6.97. The fraction of sp³-hybridized carbons (Fsp3) is 0.296. The Kier molecular flexibility index (Phi) is 6.70. The van der Waals surface area contributed by atoms with E-state index in [2.05, 4.69) is 20.3 Å². The number of aryl methyl sites for hydroxylation is 1. The minimum atomic E-state index is -4.53. The lowest BCUT2D eigenvalue weighted by Crippen LogP contribution is -2.44.